The summed E-state index contributed by atoms with van der Waals surface area (Å²) in [7, 11) is 0. The van der Waals surface area contributed by atoms with E-state index in [-0.39, 0.29) is 11.8 Å². The molecule has 3 aliphatic rings. The van der Waals surface area contributed by atoms with Gasteiger partial charge in [-0.3, -0.25) is 10.1 Å². The molecule has 7 heteroatoms. The van der Waals surface area contributed by atoms with Crippen LogP contribution in [0.1, 0.15) is 25.7 Å². The third-order valence-corrected chi connectivity index (χ3v) is 4.43. The number of carbonyl (C=O) groups is 2. The van der Waals surface area contributed by atoms with E-state index in [4.69, 9.17) is 15.2 Å². The number of fused-ring (bicyclic) bond motifs is 1. The lowest BCUT2D eigenvalue weighted by molar-refractivity contribution is -0.181. The molecule has 0 radical (unpaired) electrons. The molecule has 2 fully saturated rings. The van der Waals surface area contributed by atoms with Gasteiger partial charge in [0, 0.05) is 25.4 Å². The van der Waals surface area contributed by atoms with Gasteiger partial charge in [0.2, 0.25) is 11.7 Å². The van der Waals surface area contributed by atoms with E-state index in [0.29, 0.717) is 24.9 Å². The first kappa shape index (κ1) is 13.2. The molecule has 0 aromatic heterocycles. The van der Waals surface area contributed by atoms with Crippen LogP contribution >= 0.6 is 0 Å². The van der Waals surface area contributed by atoms with Crippen molar-refractivity contribution in [1.29, 1.82) is 0 Å². The van der Waals surface area contributed by atoms with Gasteiger partial charge in [-0.2, -0.15) is 0 Å². The lowest BCUT2D eigenvalue weighted by Crippen LogP contribution is -2.55. The summed E-state index contributed by atoms with van der Waals surface area (Å²) in [4.78, 5) is 22.6. The van der Waals surface area contributed by atoms with E-state index in [2.05, 4.69) is 10.6 Å². The van der Waals surface area contributed by atoms with E-state index >= 15 is 0 Å². The number of amides is 3. The molecular weight excluding hydrogens is 262 g/mol. The largest absolute Gasteiger partial charge is 0.457 e. The van der Waals surface area contributed by atoms with Gasteiger partial charge in [-0.15, -0.1) is 0 Å². The second kappa shape index (κ2) is 4.97. The molecule has 3 atom stereocenters. The zero-order chi connectivity index (χ0) is 14.2. The van der Waals surface area contributed by atoms with Crippen LogP contribution in [0.5, 0.6) is 0 Å². The van der Waals surface area contributed by atoms with Crippen molar-refractivity contribution in [3.05, 3.63) is 12.5 Å². The van der Waals surface area contributed by atoms with Gasteiger partial charge in [0.1, 0.15) is 12.5 Å². The van der Waals surface area contributed by atoms with E-state index in [9.17, 15) is 9.59 Å². The SMILES string of the molecule is NC(=O)NC(=O)C1CNC2CCC3(CC2C1)OC=CO3. The number of primary amides is 1. The first-order chi connectivity index (χ1) is 9.58. The minimum absolute atomic E-state index is 0.242. The highest BCUT2D eigenvalue weighted by atomic mass is 16.7. The molecule has 4 N–H and O–H groups in total. The van der Waals surface area contributed by atoms with Crippen molar-refractivity contribution in [3.8, 4) is 0 Å². The first-order valence-corrected chi connectivity index (χ1v) is 6.92. The summed E-state index contributed by atoms with van der Waals surface area (Å²) >= 11 is 0. The van der Waals surface area contributed by atoms with Gasteiger partial charge in [0.25, 0.3) is 0 Å². The normalized spacial score (nSPS) is 33.9. The fraction of sp³-hybridized carbons (Fsp3) is 0.692. The van der Waals surface area contributed by atoms with E-state index < -0.39 is 11.8 Å². The molecule has 0 aromatic rings. The summed E-state index contributed by atoms with van der Waals surface area (Å²) < 4.78 is 11.2. The predicted octanol–water partition coefficient (Wildman–Crippen LogP) is 0.174. The second-order valence-electron chi connectivity index (χ2n) is 5.72. The molecule has 7 nitrogen and oxygen atoms in total. The lowest BCUT2D eigenvalue weighted by Gasteiger charge is -2.45. The van der Waals surface area contributed by atoms with Gasteiger partial charge in [-0.25, -0.2) is 4.79 Å². The van der Waals surface area contributed by atoms with Gasteiger partial charge >= 0.3 is 6.03 Å². The smallest absolute Gasteiger partial charge is 0.318 e. The number of urea groups is 1. The van der Waals surface area contributed by atoms with Crippen LogP contribution in [0.15, 0.2) is 12.5 Å². The molecule has 2 aliphatic heterocycles. The average molecular weight is 281 g/mol. The number of rotatable bonds is 1. The Balaban J connectivity index is 1.62. The second-order valence-corrected chi connectivity index (χ2v) is 5.72. The summed E-state index contributed by atoms with van der Waals surface area (Å²) in [5.41, 5.74) is 4.99. The molecule has 1 spiro atoms. The number of hydrogen-bond acceptors (Lipinski definition) is 5. The van der Waals surface area contributed by atoms with Crippen LogP contribution in [0.25, 0.3) is 0 Å². The average Bonchev–Trinajstić information content (AvgIpc) is 2.85. The number of imide groups is 1. The maximum atomic E-state index is 11.9. The minimum Gasteiger partial charge on any atom is -0.457 e. The molecule has 3 unspecified atom stereocenters. The van der Waals surface area contributed by atoms with Crippen molar-refractivity contribution in [1.82, 2.24) is 10.6 Å². The third kappa shape index (κ3) is 2.45. The van der Waals surface area contributed by atoms with Crippen molar-refractivity contribution >= 4 is 11.9 Å². The monoisotopic (exact) mass is 281 g/mol. The molecule has 110 valence electrons. The molecule has 1 saturated carbocycles. The van der Waals surface area contributed by atoms with Crippen LogP contribution in [0.2, 0.25) is 0 Å². The highest BCUT2D eigenvalue weighted by molar-refractivity contribution is 5.94. The molecule has 20 heavy (non-hydrogen) atoms. The van der Waals surface area contributed by atoms with Crippen LogP contribution in [0.4, 0.5) is 4.79 Å². The minimum atomic E-state index is -0.802. The highest BCUT2D eigenvalue weighted by Gasteiger charge is 2.47. The summed E-state index contributed by atoms with van der Waals surface area (Å²) in [6.45, 7) is 0.577. The van der Waals surface area contributed by atoms with Crippen molar-refractivity contribution < 1.29 is 19.1 Å². The Morgan fingerprint density at radius 2 is 2.10 bits per heavy atom. The van der Waals surface area contributed by atoms with Gasteiger partial charge < -0.3 is 20.5 Å². The molecule has 3 amide bonds. The number of nitrogens with two attached hydrogens (primary N) is 1. The molecule has 1 aliphatic carbocycles. The lowest BCUT2D eigenvalue weighted by atomic mass is 9.73. The Morgan fingerprint density at radius 1 is 1.35 bits per heavy atom. The van der Waals surface area contributed by atoms with Gasteiger partial charge in [-0.1, -0.05) is 0 Å². The van der Waals surface area contributed by atoms with E-state index in [1.54, 1.807) is 12.5 Å². The molecule has 0 bridgehead atoms. The fourth-order valence-electron chi connectivity index (χ4n) is 3.48. The zero-order valence-corrected chi connectivity index (χ0v) is 11.1. The maximum absolute atomic E-state index is 11.9. The van der Waals surface area contributed by atoms with Crippen molar-refractivity contribution in [2.75, 3.05) is 6.54 Å². The predicted molar refractivity (Wildman–Crippen MR) is 69.0 cm³/mol. The van der Waals surface area contributed by atoms with Gasteiger partial charge in [0.05, 0.1) is 5.92 Å². The topological polar surface area (TPSA) is 103 Å². The summed E-state index contributed by atoms with van der Waals surface area (Å²) in [5, 5.41) is 5.54. The van der Waals surface area contributed by atoms with Gasteiger partial charge in [-0.05, 0) is 18.8 Å². The summed E-state index contributed by atoms with van der Waals surface area (Å²) in [6, 6.07) is -0.421. The molecule has 1 saturated heterocycles. The van der Waals surface area contributed by atoms with Crippen LogP contribution in [-0.2, 0) is 14.3 Å². The molecule has 0 aromatic carbocycles. The Labute approximate surface area is 116 Å². The standard InChI is InChI=1S/C13H19N3O4/c14-12(18)16-11(17)9-5-8-6-13(19-3-4-20-13)2-1-10(8)15-7-9/h3-4,8-10,15H,1-2,5-7H2,(H3,14,16,17,18). The third-order valence-electron chi connectivity index (χ3n) is 4.43. The Hall–Kier alpha value is -1.76. The zero-order valence-electron chi connectivity index (χ0n) is 11.1. The Kier molecular flexibility index (Phi) is 3.29. The summed E-state index contributed by atoms with van der Waals surface area (Å²) in [5.74, 6) is -0.811. The number of piperidine rings is 1. The van der Waals surface area contributed by atoms with Crippen LogP contribution in [-0.4, -0.2) is 30.3 Å². The number of ether oxygens (including phenoxy) is 2. The number of nitrogens with one attached hydrogen (secondary N) is 2. The molecular formula is C13H19N3O4. The molecule has 2 heterocycles. The van der Waals surface area contributed by atoms with Crippen LogP contribution in [0, 0.1) is 11.8 Å². The van der Waals surface area contributed by atoms with E-state index in [1.165, 1.54) is 0 Å². The van der Waals surface area contributed by atoms with Crippen molar-refractivity contribution in [2.24, 2.45) is 17.6 Å². The number of hydrogen-bond donors (Lipinski definition) is 3. The van der Waals surface area contributed by atoms with E-state index in [1.807, 2.05) is 0 Å². The van der Waals surface area contributed by atoms with Crippen molar-refractivity contribution in [3.63, 3.8) is 0 Å². The van der Waals surface area contributed by atoms with Gasteiger partial charge in [0.15, 0.2) is 0 Å². The first-order valence-electron chi connectivity index (χ1n) is 6.92. The highest BCUT2D eigenvalue weighted by Crippen LogP contribution is 2.42. The van der Waals surface area contributed by atoms with Crippen LogP contribution < -0.4 is 16.4 Å². The van der Waals surface area contributed by atoms with E-state index in [0.717, 1.165) is 19.3 Å². The maximum Gasteiger partial charge on any atom is 0.318 e. The Morgan fingerprint density at radius 3 is 2.80 bits per heavy atom. The quantitative estimate of drug-likeness (QED) is 0.636. The Bertz CT molecular complexity index is 443. The van der Waals surface area contributed by atoms with Crippen LogP contribution in [0.3, 0.4) is 0 Å². The molecule has 3 rings (SSSR count). The summed E-state index contributed by atoms with van der Waals surface area (Å²) in [6.07, 6.45) is 6.41. The fourth-order valence-corrected chi connectivity index (χ4v) is 3.48. The van der Waals surface area contributed by atoms with Crippen molar-refractivity contribution in [2.45, 2.75) is 37.5 Å². The number of carbonyl (C=O) groups excluding carboxylic acids is 2.